The van der Waals surface area contributed by atoms with Crippen LogP contribution in [0.15, 0.2) is 69.4 Å². The van der Waals surface area contributed by atoms with Crippen LogP contribution in [0.5, 0.6) is 0 Å². The normalized spacial score (nSPS) is 17.9. The topological polar surface area (TPSA) is 175 Å². The highest BCUT2D eigenvalue weighted by Gasteiger charge is 2.54. The predicted molar refractivity (Wildman–Crippen MR) is 144 cm³/mol. The van der Waals surface area contributed by atoms with Crippen molar-refractivity contribution in [2.45, 2.75) is 31.4 Å². The molecule has 2 aliphatic heterocycles. The molecule has 42 heavy (non-hydrogen) atoms. The van der Waals surface area contributed by atoms with E-state index in [9.17, 15) is 29.1 Å². The van der Waals surface area contributed by atoms with E-state index in [1.165, 1.54) is 37.0 Å². The van der Waals surface area contributed by atoms with Crippen molar-refractivity contribution in [1.29, 1.82) is 0 Å². The Labute approximate surface area is 241 Å². The number of carboxylic acids is 1. The van der Waals surface area contributed by atoms with Crippen molar-refractivity contribution in [1.82, 2.24) is 20.1 Å². The summed E-state index contributed by atoms with van der Waals surface area (Å²) in [6.07, 6.45) is 4.69. The molecule has 5 rings (SSSR count). The van der Waals surface area contributed by atoms with E-state index in [4.69, 9.17) is 9.52 Å². The first-order chi connectivity index (χ1) is 20.1. The highest BCUT2D eigenvalue weighted by atomic mass is 32.2. The quantitative estimate of drug-likeness (QED) is 0.194. The van der Waals surface area contributed by atoms with Crippen LogP contribution in [0.2, 0.25) is 0 Å². The zero-order valence-electron chi connectivity index (χ0n) is 22.1. The molecule has 13 nitrogen and oxygen atoms in total. The van der Waals surface area contributed by atoms with Crippen molar-refractivity contribution in [3.63, 3.8) is 0 Å². The maximum atomic E-state index is 15.1. The van der Waals surface area contributed by atoms with Gasteiger partial charge in [0.15, 0.2) is 18.9 Å². The van der Waals surface area contributed by atoms with E-state index in [2.05, 4.69) is 10.6 Å². The third-order valence-corrected chi connectivity index (χ3v) is 8.06. The van der Waals surface area contributed by atoms with Crippen LogP contribution in [-0.4, -0.2) is 67.1 Å². The fraction of sp³-hybridized carbons (Fsp3) is 0.259. The zero-order valence-corrected chi connectivity index (χ0v) is 22.9. The van der Waals surface area contributed by atoms with Gasteiger partial charge < -0.3 is 25.3 Å². The van der Waals surface area contributed by atoms with Crippen molar-refractivity contribution in [3.05, 3.63) is 82.3 Å². The van der Waals surface area contributed by atoms with Crippen molar-refractivity contribution in [3.8, 4) is 16.8 Å². The summed E-state index contributed by atoms with van der Waals surface area (Å²) in [6, 6.07) is 6.66. The van der Waals surface area contributed by atoms with Crippen molar-refractivity contribution >= 4 is 35.5 Å². The van der Waals surface area contributed by atoms with Crippen LogP contribution in [0, 0.1) is 5.82 Å². The van der Waals surface area contributed by atoms with E-state index in [0.717, 1.165) is 9.47 Å². The SMILES string of the molecule is CC(=O)NCc1cn(-c2ccc(-c3cc[n+](CC4=C(C(=O)O)N5C(=O)[C@@H](NC(=O)CO)[C@@H]5SC4)cc3)c(F)c2)c(=O)o1. The number of thioether (sulfide) groups is 1. The fourth-order valence-electron chi connectivity index (χ4n) is 4.73. The summed E-state index contributed by atoms with van der Waals surface area (Å²) in [6.45, 7) is 0.729. The van der Waals surface area contributed by atoms with Gasteiger partial charge in [0.05, 0.1) is 18.4 Å². The minimum atomic E-state index is -1.27. The van der Waals surface area contributed by atoms with Crippen LogP contribution in [0.3, 0.4) is 0 Å². The van der Waals surface area contributed by atoms with Crippen molar-refractivity contribution < 1.29 is 42.8 Å². The third kappa shape index (κ3) is 5.56. The second kappa shape index (κ2) is 11.6. The lowest BCUT2D eigenvalue weighted by atomic mass is 10.0. The zero-order chi connectivity index (χ0) is 30.1. The average Bonchev–Trinajstić information content (AvgIpc) is 3.35. The molecule has 0 spiro atoms. The first-order valence-electron chi connectivity index (χ1n) is 12.6. The molecule has 4 N–H and O–H groups in total. The van der Waals surface area contributed by atoms with Crippen LogP contribution < -0.4 is 21.0 Å². The number of benzene rings is 1. The molecule has 3 aromatic rings. The van der Waals surface area contributed by atoms with Crippen LogP contribution in [0.4, 0.5) is 4.39 Å². The number of hydrogen-bond donors (Lipinski definition) is 4. The van der Waals surface area contributed by atoms with Gasteiger partial charge in [-0.05, 0) is 23.8 Å². The largest absolute Gasteiger partial charge is 0.477 e. The monoisotopic (exact) mass is 598 g/mol. The van der Waals surface area contributed by atoms with Gasteiger partial charge in [-0.25, -0.2) is 23.1 Å². The summed E-state index contributed by atoms with van der Waals surface area (Å²) in [5, 5.41) is 23.1. The predicted octanol–water partition coefficient (Wildman–Crippen LogP) is -0.109. The first kappa shape index (κ1) is 28.8. The first-order valence-corrected chi connectivity index (χ1v) is 13.7. The number of aromatic nitrogens is 2. The van der Waals surface area contributed by atoms with Gasteiger partial charge >= 0.3 is 11.7 Å². The van der Waals surface area contributed by atoms with Gasteiger partial charge in [0, 0.05) is 35.9 Å². The summed E-state index contributed by atoms with van der Waals surface area (Å²) < 4.78 is 23.1. The lowest BCUT2D eigenvalue weighted by Crippen LogP contribution is -2.71. The molecule has 0 bridgehead atoms. The molecule has 1 aromatic carbocycles. The van der Waals surface area contributed by atoms with Gasteiger partial charge in [-0.2, -0.15) is 0 Å². The molecule has 0 aliphatic carbocycles. The number of hydrogen-bond acceptors (Lipinski definition) is 8. The summed E-state index contributed by atoms with van der Waals surface area (Å²) in [7, 11) is 0. The molecule has 0 radical (unpaired) electrons. The Morgan fingerprint density at radius 1 is 1.19 bits per heavy atom. The number of carboxylic acid groups (broad SMARTS) is 1. The Balaban J connectivity index is 1.32. The van der Waals surface area contributed by atoms with Crippen molar-refractivity contribution in [2.75, 3.05) is 12.4 Å². The molecule has 2 atom stereocenters. The average molecular weight is 599 g/mol. The molecule has 4 heterocycles. The number of carbonyl (C=O) groups is 4. The van der Waals surface area contributed by atoms with E-state index in [-0.39, 0.29) is 41.7 Å². The van der Waals surface area contributed by atoms with Gasteiger partial charge in [-0.1, -0.05) is 0 Å². The molecule has 1 fully saturated rings. The molecular weight excluding hydrogens is 573 g/mol. The number of aliphatic hydroxyl groups is 1. The third-order valence-electron chi connectivity index (χ3n) is 6.72. The number of pyridine rings is 1. The number of amides is 3. The standard InChI is InChI=1S/C27H24FN5O8S/c1-14(35)29-9-18-11-32(27(40)41-18)17-2-3-19(20(28)8-17)15-4-6-31(7-5-15)10-16-13-42-25-22(30-21(36)12-34)24(37)33(25)23(16)26(38)39/h2-8,11,22,25,34H,9-10,12-13H2,1H3,(H2-,29,30,35,36,38,39)/p+1/t22-,25+/m1/s1. The number of oxazole rings is 1. The van der Waals surface area contributed by atoms with Crippen LogP contribution in [0.25, 0.3) is 16.8 Å². The second-order valence-electron chi connectivity index (χ2n) is 9.54. The number of aliphatic carboxylic acids is 1. The maximum absolute atomic E-state index is 15.1. The molecule has 2 aliphatic rings. The number of fused-ring (bicyclic) bond motifs is 1. The lowest BCUT2D eigenvalue weighted by Gasteiger charge is -2.49. The van der Waals surface area contributed by atoms with Gasteiger partial charge in [-0.15, -0.1) is 11.8 Å². The molecule has 0 unspecified atom stereocenters. The van der Waals surface area contributed by atoms with E-state index in [1.807, 2.05) is 0 Å². The number of rotatable bonds is 9. The molecule has 218 valence electrons. The Morgan fingerprint density at radius 3 is 2.57 bits per heavy atom. The Hall–Kier alpha value is -4.76. The highest BCUT2D eigenvalue weighted by molar-refractivity contribution is 8.00. The summed E-state index contributed by atoms with van der Waals surface area (Å²) in [4.78, 5) is 60.7. The lowest BCUT2D eigenvalue weighted by molar-refractivity contribution is -0.689. The Morgan fingerprint density at radius 2 is 1.93 bits per heavy atom. The fourth-order valence-corrected chi connectivity index (χ4v) is 6.07. The molecule has 3 amide bonds. The van der Waals surface area contributed by atoms with E-state index in [1.54, 1.807) is 35.2 Å². The molecular formula is C27H25FN5O8S+. The Kier molecular flexibility index (Phi) is 7.95. The number of β-lactam (4-membered cyclic amide) rings is 1. The molecule has 15 heteroatoms. The van der Waals surface area contributed by atoms with E-state index in [0.29, 0.717) is 16.9 Å². The van der Waals surface area contributed by atoms with E-state index < -0.39 is 47.4 Å². The van der Waals surface area contributed by atoms with Crippen molar-refractivity contribution in [2.24, 2.45) is 0 Å². The van der Waals surface area contributed by atoms with Crippen LogP contribution in [-0.2, 0) is 32.3 Å². The van der Waals surface area contributed by atoms with Crippen LogP contribution in [0.1, 0.15) is 12.7 Å². The highest BCUT2D eigenvalue weighted by Crippen LogP contribution is 2.40. The summed E-state index contributed by atoms with van der Waals surface area (Å²) >= 11 is 1.31. The second-order valence-corrected chi connectivity index (χ2v) is 10.6. The minimum Gasteiger partial charge on any atom is -0.477 e. The van der Waals surface area contributed by atoms with Gasteiger partial charge in [-0.3, -0.25) is 19.3 Å². The summed E-state index contributed by atoms with van der Waals surface area (Å²) in [5.74, 6) is -3.65. The van der Waals surface area contributed by atoms with Gasteiger partial charge in [0.2, 0.25) is 11.8 Å². The number of nitrogens with one attached hydrogen (secondary N) is 2. The number of carbonyl (C=O) groups excluding carboxylic acids is 3. The molecule has 0 saturated carbocycles. The smallest absolute Gasteiger partial charge is 0.423 e. The van der Waals surface area contributed by atoms with Crippen LogP contribution >= 0.6 is 11.8 Å². The number of aliphatic hydroxyl groups excluding tert-OH is 1. The number of halogens is 1. The molecule has 2 aromatic heterocycles. The van der Waals surface area contributed by atoms with Gasteiger partial charge in [0.1, 0.15) is 35.3 Å². The molecule has 1 saturated heterocycles. The van der Waals surface area contributed by atoms with E-state index >= 15 is 4.39 Å². The Bertz CT molecular complexity index is 1680. The minimum absolute atomic E-state index is 0.0178. The maximum Gasteiger partial charge on any atom is 0.423 e. The van der Waals surface area contributed by atoms with Gasteiger partial charge in [0.25, 0.3) is 5.91 Å². The number of nitrogens with zero attached hydrogens (tertiary/aromatic N) is 3. The summed E-state index contributed by atoms with van der Waals surface area (Å²) in [5.41, 5.74) is 1.38.